The van der Waals surface area contributed by atoms with Crippen molar-refractivity contribution in [1.82, 2.24) is 0 Å². The lowest BCUT2D eigenvalue weighted by Crippen LogP contribution is -2.33. The summed E-state index contributed by atoms with van der Waals surface area (Å²) >= 11 is 0. The number of fused-ring (bicyclic) bond motifs is 2. The minimum Gasteiger partial charge on any atom is -0.309 e. The number of hydrogen-bond acceptors (Lipinski definition) is 1. The van der Waals surface area contributed by atoms with Gasteiger partial charge >= 0.3 is 0 Å². The molecule has 0 spiro atoms. The Morgan fingerprint density at radius 2 is 0.837 bits per heavy atom. The van der Waals surface area contributed by atoms with Crippen molar-refractivity contribution in [3.05, 3.63) is 175 Å². The van der Waals surface area contributed by atoms with Crippen molar-refractivity contribution in [2.75, 3.05) is 4.90 Å². The summed E-state index contributed by atoms with van der Waals surface area (Å²) in [5, 5.41) is 2.62. The van der Waals surface area contributed by atoms with Gasteiger partial charge in [-0.1, -0.05) is 161 Å². The van der Waals surface area contributed by atoms with Crippen LogP contribution in [-0.2, 0) is 10.8 Å². The van der Waals surface area contributed by atoms with Gasteiger partial charge in [0.15, 0.2) is 0 Å². The van der Waals surface area contributed by atoms with Crippen LogP contribution in [0.1, 0.15) is 51.7 Å². The minimum atomic E-state index is 0.167. The van der Waals surface area contributed by atoms with Gasteiger partial charge in [0.2, 0.25) is 0 Å². The Bertz CT molecular complexity index is 2260. The summed E-state index contributed by atoms with van der Waals surface area (Å²) in [6.45, 7) is 9.64. The van der Waals surface area contributed by atoms with Crippen molar-refractivity contribution >= 4 is 27.8 Å². The van der Waals surface area contributed by atoms with E-state index in [1.807, 2.05) is 0 Å². The zero-order valence-electron chi connectivity index (χ0n) is 28.9. The molecule has 0 saturated carbocycles. The van der Waals surface area contributed by atoms with Crippen molar-refractivity contribution in [2.45, 2.75) is 51.4 Å². The summed E-state index contributed by atoms with van der Waals surface area (Å²) < 4.78 is 0. The molecule has 1 aliphatic rings. The van der Waals surface area contributed by atoms with E-state index in [4.69, 9.17) is 0 Å². The van der Waals surface area contributed by atoms with Gasteiger partial charge in [0.05, 0.1) is 11.4 Å². The molecule has 0 radical (unpaired) electrons. The zero-order valence-corrected chi connectivity index (χ0v) is 28.9. The Hall–Kier alpha value is -5.40. The molecule has 0 atom stereocenters. The highest BCUT2D eigenvalue weighted by Gasteiger charge is 2.37. The molecule has 7 aromatic carbocycles. The Kier molecular flexibility index (Phi) is 7.72. The van der Waals surface area contributed by atoms with Gasteiger partial charge in [-0.15, -0.1) is 0 Å². The number of para-hydroxylation sites is 3. The van der Waals surface area contributed by atoms with Gasteiger partial charge in [-0.25, -0.2) is 0 Å². The fourth-order valence-corrected chi connectivity index (χ4v) is 7.76. The van der Waals surface area contributed by atoms with E-state index in [9.17, 15) is 0 Å². The number of hydrogen-bond donors (Lipinski definition) is 0. The summed E-state index contributed by atoms with van der Waals surface area (Å²) in [6.07, 6.45) is 2.43. The van der Waals surface area contributed by atoms with Gasteiger partial charge in [-0.2, -0.15) is 0 Å². The second-order valence-corrected chi connectivity index (χ2v) is 14.9. The van der Waals surface area contributed by atoms with E-state index in [0.717, 1.165) is 17.1 Å². The molecule has 0 fully saturated rings. The molecule has 0 bridgehead atoms. The zero-order chi connectivity index (χ0) is 33.6. The summed E-state index contributed by atoms with van der Waals surface area (Å²) in [5.41, 5.74) is 14.0. The molecular formula is C48H43N. The summed E-state index contributed by atoms with van der Waals surface area (Å²) in [4.78, 5) is 2.43. The van der Waals surface area contributed by atoms with Crippen LogP contribution >= 0.6 is 0 Å². The maximum Gasteiger partial charge on any atom is 0.0540 e. The van der Waals surface area contributed by atoms with Crippen LogP contribution in [0.3, 0.4) is 0 Å². The molecule has 0 N–H and O–H groups in total. The standard InChI is InChI=1S/C48H43N/c1-47(2)29-30-48(3,4)44-33-39-31-38(28-27-37(39)32-43(44)47)42-20-12-14-22-46(42)49(40-17-9-6-10-18-40)45-21-13-11-19-41(45)36-25-23-35(24-26-36)34-15-7-5-8-16-34/h5-28,31-33H,29-30H2,1-4H3. The monoisotopic (exact) mass is 633 g/mol. The number of anilines is 3. The predicted octanol–water partition coefficient (Wildman–Crippen LogP) is 13.7. The molecule has 0 aliphatic heterocycles. The highest BCUT2D eigenvalue weighted by atomic mass is 15.1. The van der Waals surface area contributed by atoms with Crippen LogP contribution in [-0.4, -0.2) is 0 Å². The molecule has 8 rings (SSSR count). The number of rotatable bonds is 6. The maximum atomic E-state index is 2.49. The summed E-state index contributed by atoms with van der Waals surface area (Å²) in [6, 6.07) is 60.0. The lowest BCUT2D eigenvalue weighted by atomic mass is 9.63. The average molecular weight is 634 g/mol. The van der Waals surface area contributed by atoms with Crippen molar-refractivity contribution in [3.8, 4) is 33.4 Å². The van der Waals surface area contributed by atoms with E-state index in [1.165, 1.54) is 68.1 Å². The largest absolute Gasteiger partial charge is 0.309 e. The van der Waals surface area contributed by atoms with Gasteiger partial charge in [-0.3, -0.25) is 0 Å². The minimum absolute atomic E-state index is 0.167. The summed E-state index contributed by atoms with van der Waals surface area (Å²) in [7, 11) is 0. The first-order valence-electron chi connectivity index (χ1n) is 17.6. The van der Waals surface area contributed by atoms with Crippen LogP contribution in [0.25, 0.3) is 44.2 Å². The first-order chi connectivity index (χ1) is 23.8. The van der Waals surface area contributed by atoms with Crippen LogP contribution in [0.4, 0.5) is 17.1 Å². The third-order valence-corrected chi connectivity index (χ3v) is 10.7. The predicted molar refractivity (Wildman–Crippen MR) is 210 cm³/mol. The van der Waals surface area contributed by atoms with Gasteiger partial charge in [0, 0.05) is 16.8 Å². The molecule has 1 aliphatic carbocycles. The lowest BCUT2D eigenvalue weighted by Gasteiger charge is -2.42. The van der Waals surface area contributed by atoms with Crippen LogP contribution in [0.15, 0.2) is 164 Å². The SMILES string of the molecule is CC1(C)CCC(C)(C)c2cc3cc(-c4ccccc4N(c4ccccc4)c4ccccc4-c4ccc(-c5ccccc5)cc4)ccc3cc21. The van der Waals surface area contributed by atoms with E-state index in [-0.39, 0.29) is 10.8 Å². The van der Waals surface area contributed by atoms with Crippen molar-refractivity contribution in [2.24, 2.45) is 0 Å². The van der Waals surface area contributed by atoms with Crippen LogP contribution in [0, 0.1) is 0 Å². The average Bonchev–Trinajstić information content (AvgIpc) is 3.14. The van der Waals surface area contributed by atoms with Gasteiger partial charge in [0.1, 0.15) is 0 Å². The normalized spacial score (nSPS) is 14.7. The molecule has 240 valence electrons. The van der Waals surface area contributed by atoms with E-state index >= 15 is 0 Å². The van der Waals surface area contributed by atoms with Gasteiger partial charge < -0.3 is 4.90 Å². The Morgan fingerprint density at radius 3 is 1.45 bits per heavy atom. The number of benzene rings is 7. The first kappa shape index (κ1) is 30.9. The van der Waals surface area contributed by atoms with Crippen molar-refractivity contribution in [3.63, 3.8) is 0 Å². The van der Waals surface area contributed by atoms with E-state index in [2.05, 4.69) is 196 Å². The number of nitrogens with zero attached hydrogens (tertiary/aromatic N) is 1. The van der Waals surface area contributed by atoms with Crippen LogP contribution < -0.4 is 4.90 Å². The molecule has 0 heterocycles. The quantitative estimate of drug-likeness (QED) is 0.176. The van der Waals surface area contributed by atoms with E-state index in [0.29, 0.717) is 0 Å². The fraction of sp³-hybridized carbons (Fsp3) is 0.167. The third kappa shape index (κ3) is 5.74. The first-order valence-corrected chi connectivity index (χ1v) is 17.6. The Labute approximate surface area is 291 Å². The lowest BCUT2D eigenvalue weighted by molar-refractivity contribution is 0.332. The molecule has 49 heavy (non-hydrogen) atoms. The topological polar surface area (TPSA) is 3.24 Å². The molecule has 1 nitrogen and oxygen atoms in total. The molecule has 0 amide bonds. The maximum absolute atomic E-state index is 2.49. The van der Waals surface area contributed by atoms with Crippen LogP contribution in [0.2, 0.25) is 0 Å². The van der Waals surface area contributed by atoms with Crippen molar-refractivity contribution in [1.29, 1.82) is 0 Å². The second kappa shape index (κ2) is 12.2. The summed E-state index contributed by atoms with van der Waals surface area (Å²) in [5.74, 6) is 0. The van der Waals surface area contributed by atoms with Gasteiger partial charge in [-0.05, 0) is 98.2 Å². The van der Waals surface area contributed by atoms with E-state index in [1.54, 1.807) is 0 Å². The van der Waals surface area contributed by atoms with Crippen LogP contribution in [0.5, 0.6) is 0 Å². The fourth-order valence-electron chi connectivity index (χ4n) is 7.76. The third-order valence-electron chi connectivity index (χ3n) is 10.7. The Morgan fingerprint density at radius 1 is 0.388 bits per heavy atom. The Balaban J connectivity index is 1.27. The van der Waals surface area contributed by atoms with Gasteiger partial charge in [0.25, 0.3) is 0 Å². The van der Waals surface area contributed by atoms with E-state index < -0.39 is 0 Å². The van der Waals surface area contributed by atoms with Crippen molar-refractivity contribution < 1.29 is 0 Å². The molecule has 0 saturated heterocycles. The smallest absolute Gasteiger partial charge is 0.0540 e. The molecular weight excluding hydrogens is 591 g/mol. The molecule has 0 aromatic heterocycles. The highest BCUT2D eigenvalue weighted by Crippen LogP contribution is 2.48. The molecule has 7 aromatic rings. The molecule has 0 unspecified atom stereocenters. The molecule has 1 heteroatoms. The highest BCUT2D eigenvalue weighted by molar-refractivity contribution is 5.96. The second-order valence-electron chi connectivity index (χ2n) is 14.9.